The van der Waals surface area contributed by atoms with Crippen LogP contribution in [0.5, 0.6) is 0 Å². The van der Waals surface area contributed by atoms with Gasteiger partial charge in [0.05, 0.1) is 0 Å². The largest absolute Gasteiger partial charge is 0.409 e. The Kier molecular flexibility index (Phi) is 3.51. The van der Waals surface area contributed by atoms with Gasteiger partial charge in [-0.1, -0.05) is 28.1 Å². The first-order valence-electron chi connectivity index (χ1n) is 6.66. The topological polar surface area (TPSA) is 30.9 Å². The van der Waals surface area contributed by atoms with Crippen LogP contribution in [-0.4, -0.2) is 10.7 Å². The normalized spacial score (nSPS) is 17.0. The van der Waals surface area contributed by atoms with Crippen LogP contribution in [0.1, 0.15) is 18.9 Å². The number of nitrogens with zero attached hydrogens (tertiary/aromatic N) is 1. The van der Waals surface area contributed by atoms with Crippen LogP contribution >= 0.6 is 15.9 Å². The zero-order valence-corrected chi connectivity index (χ0v) is 12.7. The molecule has 112 valence electrons. The molecule has 2 N–H and O–H groups in total. The summed E-state index contributed by atoms with van der Waals surface area (Å²) in [4.78, 5) is 0. The van der Waals surface area contributed by atoms with Gasteiger partial charge in [0, 0.05) is 16.2 Å². The molecule has 1 saturated carbocycles. The number of benzene rings is 1. The highest BCUT2D eigenvalue weighted by Gasteiger charge is 2.50. The van der Waals surface area contributed by atoms with Crippen molar-refractivity contribution in [3.8, 4) is 11.1 Å². The summed E-state index contributed by atoms with van der Waals surface area (Å²) in [5.41, 5.74) is 7.38. The van der Waals surface area contributed by atoms with Crippen molar-refractivity contribution in [3.63, 3.8) is 0 Å². The first-order valence-corrected chi connectivity index (χ1v) is 7.45. The summed E-state index contributed by atoms with van der Waals surface area (Å²) < 4.78 is 41.9. The standard InChI is InChI=1S/C15H14BrF3N2/c16-12-5-3-9(4-6-12)11-7-13(20)21(8-11)14(10-1-2-10)15(17,18)19/h3-8,10,14H,1-2,20H2. The van der Waals surface area contributed by atoms with Gasteiger partial charge in [0.2, 0.25) is 0 Å². The number of alkyl halides is 3. The van der Waals surface area contributed by atoms with Gasteiger partial charge in [-0.15, -0.1) is 0 Å². The molecule has 1 aromatic heterocycles. The van der Waals surface area contributed by atoms with Gasteiger partial charge in [0.1, 0.15) is 11.9 Å². The van der Waals surface area contributed by atoms with Gasteiger partial charge in [-0.05, 0) is 42.5 Å². The minimum Gasteiger partial charge on any atom is -0.385 e. The molecule has 1 fully saturated rings. The van der Waals surface area contributed by atoms with Crippen LogP contribution in [0.3, 0.4) is 0 Å². The predicted molar refractivity (Wildman–Crippen MR) is 79.8 cm³/mol. The summed E-state index contributed by atoms with van der Waals surface area (Å²) in [7, 11) is 0. The molecule has 0 amide bonds. The number of nitrogen functional groups attached to an aromatic ring is 1. The van der Waals surface area contributed by atoms with Crippen molar-refractivity contribution in [3.05, 3.63) is 41.0 Å². The highest BCUT2D eigenvalue weighted by atomic mass is 79.9. The van der Waals surface area contributed by atoms with Crippen LogP contribution in [0.15, 0.2) is 41.0 Å². The maximum atomic E-state index is 13.3. The molecule has 1 aromatic carbocycles. The van der Waals surface area contributed by atoms with Gasteiger partial charge in [-0.3, -0.25) is 0 Å². The zero-order valence-electron chi connectivity index (χ0n) is 11.1. The lowest BCUT2D eigenvalue weighted by molar-refractivity contribution is -0.172. The molecule has 0 saturated heterocycles. The Morgan fingerprint density at radius 1 is 1.14 bits per heavy atom. The van der Waals surface area contributed by atoms with Crippen molar-refractivity contribution in [2.45, 2.75) is 25.1 Å². The number of hydrogen-bond donors (Lipinski definition) is 1. The number of nitrogens with two attached hydrogens (primary N) is 1. The number of anilines is 1. The van der Waals surface area contributed by atoms with E-state index in [1.807, 2.05) is 24.3 Å². The van der Waals surface area contributed by atoms with E-state index in [0.29, 0.717) is 18.4 Å². The van der Waals surface area contributed by atoms with E-state index in [1.54, 1.807) is 6.07 Å². The molecule has 1 unspecified atom stereocenters. The highest BCUT2D eigenvalue weighted by Crippen LogP contribution is 2.49. The molecule has 2 nitrogen and oxygen atoms in total. The van der Waals surface area contributed by atoms with E-state index >= 15 is 0 Å². The number of halogens is 4. The minimum atomic E-state index is -4.27. The van der Waals surface area contributed by atoms with Gasteiger partial charge in [-0.2, -0.15) is 13.2 Å². The van der Waals surface area contributed by atoms with Crippen molar-refractivity contribution in [1.29, 1.82) is 0 Å². The average molecular weight is 359 g/mol. The van der Waals surface area contributed by atoms with E-state index in [9.17, 15) is 13.2 Å². The van der Waals surface area contributed by atoms with E-state index in [-0.39, 0.29) is 11.7 Å². The fourth-order valence-corrected chi connectivity index (χ4v) is 2.87. The SMILES string of the molecule is Nc1cc(-c2ccc(Br)cc2)cn1C(C1CC1)C(F)(F)F. The van der Waals surface area contributed by atoms with Crippen LogP contribution in [-0.2, 0) is 0 Å². The Morgan fingerprint density at radius 2 is 1.76 bits per heavy atom. The van der Waals surface area contributed by atoms with Crippen molar-refractivity contribution >= 4 is 21.7 Å². The molecular weight excluding hydrogens is 345 g/mol. The summed E-state index contributed by atoms with van der Waals surface area (Å²) in [6.07, 6.45) is -1.55. The summed E-state index contributed by atoms with van der Waals surface area (Å²) in [5.74, 6) is -0.195. The van der Waals surface area contributed by atoms with Crippen LogP contribution < -0.4 is 5.73 Å². The Morgan fingerprint density at radius 3 is 2.29 bits per heavy atom. The molecule has 1 atom stereocenters. The number of rotatable bonds is 3. The molecule has 6 heteroatoms. The van der Waals surface area contributed by atoms with Gasteiger partial charge >= 0.3 is 6.18 Å². The van der Waals surface area contributed by atoms with E-state index < -0.39 is 12.2 Å². The molecule has 1 heterocycles. The predicted octanol–water partition coefficient (Wildman–Crippen LogP) is 5.01. The number of hydrogen-bond acceptors (Lipinski definition) is 1. The van der Waals surface area contributed by atoms with Crippen molar-refractivity contribution in [2.75, 3.05) is 5.73 Å². The van der Waals surface area contributed by atoms with Gasteiger partial charge < -0.3 is 10.3 Å². The third-order valence-electron chi connectivity index (χ3n) is 3.76. The molecule has 0 bridgehead atoms. The van der Waals surface area contributed by atoms with Crippen molar-refractivity contribution in [2.24, 2.45) is 5.92 Å². The smallest absolute Gasteiger partial charge is 0.385 e. The quantitative estimate of drug-likeness (QED) is 0.820. The maximum absolute atomic E-state index is 13.3. The maximum Gasteiger partial charge on any atom is 0.409 e. The minimum absolute atomic E-state index is 0.155. The van der Waals surface area contributed by atoms with Gasteiger partial charge in [0.15, 0.2) is 0 Å². The monoisotopic (exact) mass is 358 g/mol. The zero-order chi connectivity index (χ0) is 15.2. The lowest BCUT2D eigenvalue weighted by atomic mass is 10.1. The first kappa shape index (κ1) is 14.5. The second-order valence-corrected chi connectivity index (χ2v) is 6.31. The molecular formula is C15H14BrF3N2. The fraction of sp³-hybridized carbons (Fsp3) is 0.333. The van der Waals surface area contributed by atoms with Crippen molar-refractivity contribution < 1.29 is 13.2 Å². The Labute approximate surface area is 128 Å². The first-order chi connectivity index (χ1) is 9.86. The van der Waals surface area contributed by atoms with E-state index in [2.05, 4.69) is 15.9 Å². The average Bonchev–Trinajstić information content (AvgIpc) is 3.14. The summed E-state index contributed by atoms with van der Waals surface area (Å²) in [6.45, 7) is 0. The van der Waals surface area contributed by atoms with Crippen LogP contribution in [0, 0.1) is 5.92 Å². The Bertz CT molecular complexity index is 642. The molecule has 1 aliphatic rings. The van der Waals surface area contributed by atoms with E-state index in [4.69, 9.17) is 5.73 Å². The molecule has 3 rings (SSSR count). The second kappa shape index (κ2) is 5.09. The van der Waals surface area contributed by atoms with Crippen LogP contribution in [0.25, 0.3) is 11.1 Å². The van der Waals surface area contributed by atoms with Crippen LogP contribution in [0.2, 0.25) is 0 Å². The Balaban J connectivity index is 1.99. The second-order valence-electron chi connectivity index (χ2n) is 5.39. The lowest BCUT2D eigenvalue weighted by Crippen LogP contribution is -2.28. The molecule has 0 radical (unpaired) electrons. The Hall–Kier alpha value is -1.43. The summed E-state index contributed by atoms with van der Waals surface area (Å²) in [5, 5.41) is 0. The molecule has 0 aliphatic heterocycles. The van der Waals surface area contributed by atoms with Crippen molar-refractivity contribution in [1.82, 2.24) is 4.57 Å². The van der Waals surface area contributed by atoms with E-state index in [0.717, 1.165) is 10.0 Å². The van der Waals surface area contributed by atoms with Gasteiger partial charge in [0.25, 0.3) is 0 Å². The fourth-order valence-electron chi connectivity index (χ4n) is 2.60. The lowest BCUT2D eigenvalue weighted by Gasteiger charge is -2.22. The third-order valence-corrected chi connectivity index (χ3v) is 4.29. The van der Waals surface area contributed by atoms with Gasteiger partial charge in [-0.25, -0.2) is 0 Å². The highest BCUT2D eigenvalue weighted by molar-refractivity contribution is 9.10. The molecule has 21 heavy (non-hydrogen) atoms. The summed E-state index contributed by atoms with van der Waals surface area (Å²) in [6, 6.07) is 7.49. The van der Waals surface area contributed by atoms with E-state index in [1.165, 1.54) is 10.8 Å². The molecule has 1 aliphatic carbocycles. The number of aromatic nitrogens is 1. The third kappa shape index (κ3) is 2.95. The molecule has 2 aromatic rings. The van der Waals surface area contributed by atoms with Crippen LogP contribution in [0.4, 0.5) is 19.0 Å². The summed E-state index contributed by atoms with van der Waals surface area (Å²) >= 11 is 3.34. The molecule has 0 spiro atoms.